The summed E-state index contributed by atoms with van der Waals surface area (Å²) in [6, 6.07) is 9.70. The molecule has 137 valence electrons. The van der Waals surface area contributed by atoms with Crippen molar-refractivity contribution in [1.29, 1.82) is 0 Å². The van der Waals surface area contributed by atoms with Gasteiger partial charge < -0.3 is 14.8 Å². The number of ether oxygens (including phenoxy) is 1. The zero-order chi connectivity index (χ0) is 19.3. The summed E-state index contributed by atoms with van der Waals surface area (Å²) >= 11 is 5.96. The quantitative estimate of drug-likeness (QED) is 0.394. The van der Waals surface area contributed by atoms with Gasteiger partial charge in [0.25, 0.3) is 11.4 Å². The fourth-order valence-corrected chi connectivity index (χ4v) is 3.26. The second-order valence-corrected chi connectivity index (χ2v) is 6.52. The van der Waals surface area contributed by atoms with Crippen LogP contribution in [-0.2, 0) is 0 Å². The monoisotopic (exact) mass is 406 g/mol. The Balaban J connectivity index is 0.00000225. The number of hydrogen-bond donors (Lipinski definition) is 2. The molecule has 9 heteroatoms. The van der Waals surface area contributed by atoms with E-state index in [2.05, 4.69) is 10.1 Å². The van der Waals surface area contributed by atoms with E-state index in [0.717, 1.165) is 4.68 Å². The summed E-state index contributed by atoms with van der Waals surface area (Å²) in [4.78, 5) is 28.8. The Morgan fingerprint density at radius 2 is 1.93 bits per heavy atom. The van der Waals surface area contributed by atoms with Crippen LogP contribution in [0.1, 0.15) is 5.56 Å². The van der Waals surface area contributed by atoms with Crippen molar-refractivity contribution in [2.75, 3.05) is 7.11 Å². The molecule has 2 N–H and O–H groups in total. The average Bonchev–Trinajstić information content (AvgIpc) is 2.64. The van der Waals surface area contributed by atoms with E-state index in [-0.39, 0.29) is 40.5 Å². The van der Waals surface area contributed by atoms with Gasteiger partial charge in [-0.05, 0) is 48.9 Å². The van der Waals surface area contributed by atoms with E-state index in [1.807, 2.05) is 0 Å². The van der Waals surface area contributed by atoms with Gasteiger partial charge in [0.05, 0.1) is 18.3 Å². The van der Waals surface area contributed by atoms with Crippen molar-refractivity contribution < 1.29 is 9.84 Å². The third-order valence-corrected chi connectivity index (χ3v) is 4.65. The van der Waals surface area contributed by atoms with Crippen LogP contribution in [0.25, 0.3) is 27.5 Å². The van der Waals surface area contributed by atoms with Crippen molar-refractivity contribution in [3.8, 4) is 17.3 Å². The molecule has 0 spiro atoms. The Morgan fingerprint density at radius 3 is 2.61 bits per heavy atom. The van der Waals surface area contributed by atoms with Crippen LogP contribution in [-0.4, -0.2) is 56.5 Å². The number of aromatic hydroxyl groups is 1. The maximum atomic E-state index is 13.0. The third-order valence-electron chi connectivity index (χ3n) is 4.42. The van der Waals surface area contributed by atoms with Crippen LogP contribution in [0.5, 0.6) is 11.6 Å². The molecular formula is C19H14ClN3NaO4. The zero-order valence-electron chi connectivity index (χ0n) is 15.4. The van der Waals surface area contributed by atoms with Crippen LogP contribution >= 0.6 is 11.6 Å². The van der Waals surface area contributed by atoms with Crippen molar-refractivity contribution >= 4 is 63.0 Å². The SMILES string of the molecule is COc1ccc(-n2nc(O)c3[nH]c4cc(Cl)ccc4c(=O)c3c2=O)c(C)c1.[Na]. The predicted molar refractivity (Wildman–Crippen MR) is 109 cm³/mol. The molecule has 4 aromatic rings. The number of aromatic nitrogens is 3. The van der Waals surface area contributed by atoms with Crippen LogP contribution in [0.15, 0.2) is 46.0 Å². The molecule has 0 aliphatic rings. The van der Waals surface area contributed by atoms with Gasteiger partial charge >= 0.3 is 0 Å². The Kier molecular flexibility index (Phi) is 5.54. The molecule has 0 atom stereocenters. The molecule has 2 aromatic carbocycles. The number of hydrogen-bond acceptors (Lipinski definition) is 5. The Bertz CT molecular complexity index is 1350. The number of H-pyrrole nitrogens is 1. The molecule has 0 unspecified atom stereocenters. The van der Waals surface area contributed by atoms with Crippen molar-refractivity contribution in [2.24, 2.45) is 0 Å². The smallest absolute Gasteiger partial charge is 0.285 e. The van der Waals surface area contributed by atoms with E-state index < -0.39 is 16.9 Å². The first-order chi connectivity index (χ1) is 12.9. The van der Waals surface area contributed by atoms with Crippen molar-refractivity contribution in [3.63, 3.8) is 0 Å². The van der Waals surface area contributed by atoms with Crippen molar-refractivity contribution in [2.45, 2.75) is 6.92 Å². The summed E-state index contributed by atoms with van der Waals surface area (Å²) in [7, 11) is 1.54. The van der Waals surface area contributed by atoms with Gasteiger partial charge in [-0.15, -0.1) is 5.10 Å². The summed E-state index contributed by atoms with van der Waals surface area (Å²) < 4.78 is 6.18. The van der Waals surface area contributed by atoms with Crippen LogP contribution in [0, 0.1) is 6.92 Å². The van der Waals surface area contributed by atoms with Crippen molar-refractivity contribution in [3.05, 3.63) is 67.6 Å². The number of benzene rings is 2. The van der Waals surface area contributed by atoms with Gasteiger partial charge in [0.1, 0.15) is 16.7 Å². The molecule has 2 heterocycles. The zero-order valence-corrected chi connectivity index (χ0v) is 18.2. The van der Waals surface area contributed by atoms with Gasteiger partial charge in [-0.1, -0.05) is 11.6 Å². The minimum atomic E-state index is -0.630. The molecule has 1 radical (unpaired) electrons. The first-order valence-corrected chi connectivity index (χ1v) is 8.41. The molecule has 0 fully saturated rings. The fourth-order valence-electron chi connectivity index (χ4n) is 3.09. The average molecular weight is 407 g/mol. The van der Waals surface area contributed by atoms with Gasteiger partial charge in [-0.3, -0.25) is 9.59 Å². The number of fused-ring (bicyclic) bond motifs is 2. The molecule has 0 amide bonds. The van der Waals surface area contributed by atoms with E-state index in [9.17, 15) is 14.7 Å². The predicted octanol–water partition coefficient (Wildman–Crippen LogP) is 2.52. The number of nitrogens with one attached hydrogen (secondary N) is 1. The van der Waals surface area contributed by atoms with Gasteiger partial charge in [0.2, 0.25) is 5.43 Å². The van der Waals surface area contributed by atoms with Crippen LogP contribution in [0.2, 0.25) is 5.02 Å². The second-order valence-electron chi connectivity index (χ2n) is 6.09. The standard InChI is InChI=1S/C19H14ClN3O4.Na/c1-9-7-11(27-2)4-6-14(9)23-19(26)15-16(18(25)22-23)21-13-8-10(20)3-5-12(13)17(15)24;/h3-8H,1-2H3,(H,21,24)(H,22,25);. The van der Waals surface area contributed by atoms with Gasteiger partial charge in [-0.2, -0.15) is 4.68 Å². The summed E-state index contributed by atoms with van der Waals surface area (Å²) in [5.74, 6) is 0.161. The molecule has 7 nitrogen and oxygen atoms in total. The normalized spacial score (nSPS) is 10.8. The van der Waals surface area contributed by atoms with E-state index in [1.54, 1.807) is 37.3 Å². The van der Waals surface area contributed by atoms with E-state index in [0.29, 0.717) is 32.9 Å². The number of pyridine rings is 1. The van der Waals surface area contributed by atoms with E-state index >= 15 is 0 Å². The maximum absolute atomic E-state index is 13.0. The van der Waals surface area contributed by atoms with Crippen LogP contribution in [0.3, 0.4) is 0 Å². The summed E-state index contributed by atoms with van der Waals surface area (Å²) in [6.45, 7) is 1.78. The minimum absolute atomic E-state index is 0. The summed E-state index contributed by atoms with van der Waals surface area (Å²) in [5.41, 5.74) is 0.393. The van der Waals surface area contributed by atoms with Crippen LogP contribution < -0.4 is 15.7 Å². The molecule has 4 rings (SSSR count). The molecule has 0 saturated carbocycles. The van der Waals surface area contributed by atoms with Crippen LogP contribution in [0.4, 0.5) is 0 Å². The molecule has 0 aliphatic heterocycles. The third kappa shape index (κ3) is 3.20. The Hall–Kier alpha value is -2.32. The fraction of sp³-hybridized carbons (Fsp3) is 0.105. The maximum Gasteiger partial charge on any atom is 0.285 e. The molecule has 2 aromatic heterocycles. The number of aromatic amines is 1. The van der Waals surface area contributed by atoms with E-state index in [4.69, 9.17) is 16.3 Å². The molecule has 28 heavy (non-hydrogen) atoms. The first-order valence-electron chi connectivity index (χ1n) is 8.03. The number of halogens is 1. The number of aryl methyl sites for hydroxylation is 1. The molecule has 0 aliphatic carbocycles. The number of nitrogens with zero attached hydrogens (tertiary/aromatic N) is 2. The van der Waals surface area contributed by atoms with Gasteiger partial charge in [0, 0.05) is 40.0 Å². The Morgan fingerprint density at radius 1 is 1.18 bits per heavy atom. The van der Waals surface area contributed by atoms with Crippen molar-refractivity contribution in [1.82, 2.24) is 14.8 Å². The van der Waals surface area contributed by atoms with Gasteiger partial charge in [0.15, 0.2) is 0 Å². The minimum Gasteiger partial charge on any atom is -0.497 e. The van der Waals surface area contributed by atoms with Gasteiger partial charge in [-0.25, -0.2) is 0 Å². The summed E-state index contributed by atoms with van der Waals surface area (Å²) in [5, 5.41) is 14.9. The Labute approximate surface area is 185 Å². The number of methoxy groups -OCH3 is 1. The summed E-state index contributed by atoms with van der Waals surface area (Å²) in [6.07, 6.45) is 0. The number of rotatable bonds is 2. The molecule has 0 bridgehead atoms. The van der Waals surface area contributed by atoms with E-state index in [1.165, 1.54) is 13.2 Å². The molecule has 0 saturated heterocycles. The largest absolute Gasteiger partial charge is 0.497 e. The first kappa shape index (κ1) is 20.4. The topological polar surface area (TPSA) is 97.2 Å². The second kappa shape index (κ2) is 7.60. The molecular weight excluding hydrogens is 393 g/mol.